The summed E-state index contributed by atoms with van der Waals surface area (Å²) in [6, 6.07) is 26.8. The van der Waals surface area contributed by atoms with Gasteiger partial charge in [0, 0.05) is 74.4 Å². The van der Waals surface area contributed by atoms with Gasteiger partial charge in [-0.15, -0.1) is 0 Å². The molecule has 11 nitrogen and oxygen atoms in total. The molecule has 4 aliphatic rings. The Morgan fingerprint density at radius 2 is 0.984 bits per heavy atom. The number of likely N-dealkylation sites (tertiary alicyclic amines) is 2. The van der Waals surface area contributed by atoms with E-state index in [1.165, 1.54) is 36.8 Å². The Morgan fingerprint density at radius 1 is 0.532 bits per heavy atom. The van der Waals surface area contributed by atoms with Crippen LogP contribution in [0.2, 0.25) is 0 Å². The molecule has 3 aromatic rings. The molecule has 3 N–H and O–H groups in total. The molecule has 62 heavy (non-hydrogen) atoms. The number of nitrogens with one attached hydrogen (secondary N) is 3. The van der Waals surface area contributed by atoms with E-state index < -0.39 is 17.8 Å². The monoisotopic (exact) mass is 846 g/mol. The molecule has 11 heteroatoms. The fraction of sp³-hybridized carbons (Fsp3) is 0.549. The Morgan fingerprint density at radius 3 is 1.48 bits per heavy atom. The second-order valence-corrected chi connectivity index (χ2v) is 18.1. The molecule has 2 aliphatic carbocycles. The number of unbranched alkanes of at least 4 members (excludes halogenated alkanes) is 8. The van der Waals surface area contributed by atoms with Gasteiger partial charge < -0.3 is 30.5 Å². The molecular weight excluding hydrogens is 779 g/mol. The van der Waals surface area contributed by atoms with E-state index in [0.29, 0.717) is 30.8 Å². The maximum Gasteiger partial charge on any atom is 0.253 e. The first-order chi connectivity index (χ1) is 30.2. The van der Waals surface area contributed by atoms with Crippen LogP contribution in [-0.2, 0) is 19.1 Å². The smallest absolute Gasteiger partial charge is 0.253 e. The molecule has 0 unspecified atom stereocenters. The van der Waals surface area contributed by atoms with Crippen LogP contribution in [-0.4, -0.2) is 96.9 Å². The van der Waals surface area contributed by atoms with Crippen molar-refractivity contribution < 1.29 is 28.7 Å². The zero-order valence-electron chi connectivity index (χ0n) is 36.8. The van der Waals surface area contributed by atoms with Gasteiger partial charge in [0.05, 0.1) is 23.9 Å². The normalized spacial score (nSPS) is 25.0. The van der Waals surface area contributed by atoms with Crippen LogP contribution < -0.4 is 16.0 Å². The molecule has 2 aliphatic heterocycles. The highest BCUT2D eigenvalue weighted by Crippen LogP contribution is 2.42. The lowest BCUT2D eigenvalue weighted by Gasteiger charge is -2.18. The summed E-state index contributed by atoms with van der Waals surface area (Å²) in [6.45, 7) is 6.37. The average molecular weight is 846 g/mol. The van der Waals surface area contributed by atoms with Gasteiger partial charge in [-0.2, -0.15) is 0 Å². The number of benzene rings is 3. The van der Waals surface area contributed by atoms with E-state index in [-0.39, 0.29) is 79.2 Å². The Hall–Kier alpha value is -5.03. The molecule has 2 heterocycles. The third kappa shape index (κ3) is 11.7. The summed E-state index contributed by atoms with van der Waals surface area (Å²) in [4.78, 5) is 72.6. The van der Waals surface area contributed by atoms with Gasteiger partial charge >= 0.3 is 0 Å². The third-order valence-corrected chi connectivity index (χ3v) is 13.4. The first-order valence-corrected chi connectivity index (χ1v) is 23.5. The number of rotatable bonds is 22. The molecular formula is C51H67N5O6. The molecule has 4 fully saturated rings. The fourth-order valence-corrected chi connectivity index (χ4v) is 9.42. The van der Waals surface area contributed by atoms with Gasteiger partial charge in [-0.3, -0.25) is 24.0 Å². The highest BCUT2D eigenvalue weighted by molar-refractivity contribution is 5.99. The molecule has 3 aromatic carbocycles. The largest absolute Gasteiger partial charge is 0.375 e. The quantitative estimate of drug-likeness (QED) is 0.0914. The van der Waals surface area contributed by atoms with Crippen LogP contribution in [0.4, 0.5) is 0 Å². The zero-order valence-corrected chi connectivity index (χ0v) is 36.8. The van der Waals surface area contributed by atoms with Crippen LogP contribution in [0.5, 0.6) is 0 Å². The minimum Gasteiger partial charge on any atom is -0.375 e. The van der Waals surface area contributed by atoms with Crippen molar-refractivity contribution in [3.05, 3.63) is 107 Å². The summed E-state index contributed by atoms with van der Waals surface area (Å²) < 4.78 is 6.29. The van der Waals surface area contributed by atoms with E-state index in [1.54, 1.807) is 34.1 Å². The molecule has 2 saturated carbocycles. The summed E-state index contributed by atoms with van der Waals surface area (Å²) in [5.41, 5.74) is 3.15. The maximum absolute atomic E-state index is 14.1. The predicted octanol–water partition coefficient (Wildman–Crippen LogP) is 7.23. The van der Waals surface area contributed by atoms with Gasteiger partial charge in [-0.05, 0) is 61.1 Å². The molecule has 0 radical (unpaired) electrons. The topological polar surface area (TPSA) is 137 Å². The lowest BCUT2D eigenvalue weighted by atomic mass is 9.94. The van der Waals surface area contributed by atoms with E-state index in [9.17, 15) is 24.0 Å². The first-order valence-electron chi connectivity index (χ1n) is 23.5. The fourth-order valence-electron chi connectivity index (χ4n) is 9.42. The van der Waals surface area contributed by atoms with Crippen molar-refractivity contribution in [3.63, 3.8) is 0 Å². The summed E-state index contributed by atoms with van der Waals surface area (Å²) in [7, 11) is 0. The van der Waals surface area contributed by atoms with Crippen molar-refractivity contribution in [1.29, 1.82) is 0 Å². The number of carbonyl (C=O) groups excluding carboxylic acids is 5. The van der Waals surface area contributed by atoms with E-state index in [0.717, 1.165) is 51.4 Å². The number of carbonyl (C=O) groups is 5. The van der Waals surface area contributed by atoms with Crippen LogP contribution in [0.3, 0.4) is 0 Å². The van der Waals surface area contributed by atoms with Crippen molar-refractivity contribution in [2.24, 2.45) is 17.8 Å². The van der Waals surface area contributed by atoms with Gasteiger partial charge in [0.15, 0.2) is 0 Å². The number of hydrogen-bond acceptors (Lipinski definition) is 6. The van der Waals surface area contributed by atoms with Gasteiger partial charge in [0.25, 0.3) is 11.8 Å². The third-order valence-electron chi connectivity index (χ3n) is 13.4. The molecule has 0 spiro atoms. The standard InChI is InChI=1S/C51H67N5O6/c1-3-5-7-9-17-27-52-47(57)43-33-56(34-46(43)62-28-18-10-8-6-4-2)51(61)38-25-23-37(24-26-38)50(60)55-31-41(48(58)53-44-29-39(44)35-19-13-11-14-20-35)42(32-55)49(59)54-45-30-40(45)36-21-15-12-16-22-36/h11-16,19-26,39-46H,3-10,17-18,27-34H2,1-2H3,(H,52,57)(H,53,58)(H,54,59)/t39-,40-,41-,42-,43-,44+,45+,46+/m1/s1. The highest BCUT2D eigenvalue weighted by atomic mass is 16.5. The zero-order chi connectivity index (χ0) is 43.4. The highest BCUT2D eigenvalue weighted by Gasteiger charge is 2.49. The van der Waals surface area contributed by atoms with Gasteiger partial charge in [-0.1, -0.05) is 126 Å². The molecule has 0 bridgehead atoms. The van der Waals surface area contributed by atoms with Crippen molar-refractivity contribution >= 4 is 29.5 Å². The van der Waals surface area contributed by atoms with Crippen LogP contribution >= 0.6 is 0 Å². The van der Waals surface area contributed by atoms with Crippen molar-refractivity contribution in [2.75, 3.05) is 39.3 Å². The SMILES string of the molecule is CCCCCCCNC(=O)[C@@H]1CN(C(=O)c2ccc(C(=O)N3C[C@@H](C(=O)N[C@H]4C[C@@H]4c4ccccc4)[C@H](C(=O)N[C@H]4C[C@@H]4c4ccccc4)C3)cc2)C[C@@H]1OCCCCCCC. The maximum atomic E-state index is 14.1. The summed E-state index contributed by atoms with van der Waals surface area (Å²) in [6.07, 6.45) is 12.3. The average Bonchev–Trinajstić information content (AvgIpc) is 4.15. The summed E-state index contributed by atoms with van der Waals surface area (Å²) in [5, 5.41) is 9.51. The van der Waals surface area contributed by atoms with Gasteiger partial charge in [0.2, 0.25) is 17.7 Å². The number of hydrogen-bond donors (Lipinski definition) is 3. The van der Waals surface area contributed by atoms with Crippen LogP contribution in [0.15, 0.2) is 84.9 Å². The molecule has 7 rings (SSSR count). The van der Waals surface area contributed by atoms with E-state index >= 15 is 0 Å². The lowest BCUT2D eigenvalue weighted by molar-refractivity contribution is -0.133. The second-order valence-electron chi connectivity index (χ2n) is 18.1. The predicted molar refractivity (Wildman–Crippen MR) is 240 cm³/mol. The lowest BCUT2D eigenvalue weighted by Crippen LogP contribution is -2.43. The number of ether oxygens (including phenoxy) is 1. The summed E-state index contributed by atoms with van der Waals surface area (Å²) in [5.74, 6) is -2.36. The van der Waals surface area contributed by atoms with Crippen LogP contribution in [0.1, 0.15) is 135 Å². The van der Waals surface area contributed by atoms with Crippen LogP contribution in [0, 0.1) is 17.8 Å². The molecule has 5 amide bonds. The van der Waals surface area contributed by atoms with Crippen LogP contribution in [0.25, 0.3) is 0 Å². The van der Waals surface area contributed by atoms with Crippen molar-refractivity contribution in [3.8, 4) is 0 Å². The molecule has 332 valence electrons. The Bertz CT molecular complexity index is 1880. The molecule has 0 aromatic heterocycles. The Labute approximate surface area is 368 Å². The minimum absolute atomic E-state index is 0.00711. The Balaban J connectivity index is 0.975. The van der Waals surface area contributed by atoms with E-state index in [4.69, 9.17) is 4.74 Å². The van der Waals surface area contributed by atoms with Gasteiger partial charge in [-0.25, -0.2) is 0 Å². The summed E-state index contributed by atoms with van der Waals surface area (Å²) >= 11 is 0. The first kappa shape index (κ1) is 45.0. The second kappa shape index (κ2) is 21.9. The Kier molecular flexibility index (Phi) is 15.9. The van der Waals surface area contributed by atoms with E-state index in [2.05, 4.69) is 54.1 Å². The molecule has 2 saturated heterocycles. The number of amides is 5. The van der Waals surface area contributed by atoms with Crippen molar-refractivity contribution in [2.45, 2.75) is 121 Å². The number of nitrogens with zero attached hydrogens (tertiary/aromatic N) is 2. The molecule has 8 atom stereocenters. The van der Waals surface area contributed by atoms with Gasteiger partial charge in [0.1, 0.15) is 0 Å². The van der Waals surface area contributed by atoms with E-state index in [1.807, 2.05) is 36.4 Å². The minimum atomic E-state index is -0.696. The van der Waals surface area contributed by atoms with Crippen molar-refractivity contribution in [1.82, 2.24) is 25.8 Å².